The molecule has 12 nitrogen and oxygen atoms in total. The highest BCUT2D eigenvalue weighted by molar-refractivity contribution is 7.47. The third kappa shape index (κ3) is 30.1. The van der Waals surface area contributed by atoms with Crippen molar-refractivity contribution in [2.24, 2.45) is 0 Å². The van der Waals surface area contributed by atoms with Crippen molar-refractivity contribution >= 4 is 13.8 Å². The lowest BCUT2D eigenvalue weighted by Crippen LogP contribution is -2.64. The summed E-state index contributed by atoms with van der Waals surface area (Å²) in [5.74, 6) is -0.471. The number of phosphoric ester groups is 1. The predicted molar refractivity (Wildman–Crippen MR) is 235 cm³/mol. The van der Waals surface area contributed by atoms with E-state index in [2.05, 4.69) is 13.8 Å². The topological polar surface area (TPSA) is 192 Å². The second-order valence-electron chi connectivity index (χ2n) is 17.3. The van der Waals surface area contributed by atoms with Gasteiger partial charge in [-0.15, -0.1) is 0 Å². The van der Waals surface area contributed by atoms with E-state index in [4.69, 9.17) is 18.5 Å². The number of esters is 1. The second-order valence-corrected chi connectivity index (χ2v) is 18.7. The summed E-state index contributed by atoms with van der Waals surface area (Å²) in [6.45, 7) is 4.30. The average Bonchev–Trinajstić information content (AvgIpc) is 3.22. The lowest BCUT2D eigenvalue weighted by molar-refractivity contribution is -0.220. The molecule has 0 saturated heterocycles. The minimum Gasteiger partial charge on any atom is -0.457 e. The summed E-state index contributed by atoms with van der Waals surface area (Å²) >= 11 is 0. The maximum atomic E-state index is 12.8. The van der Waals surface area contributed by atoms with Crippen LogP contribution in [0.4, 0.5) is 0 Å². The van der Waals surface area contributed by atoms with Gasteiger partial charge in [-0.3, -0.25) is 13.8 Å². The molecular weight excluding hydrogens is 775 g/mol. The first kappa shape index (κ1) is 56.4. The molecule has 0 aromatic rings. The molecule has 0 heterocycles. The van der Waals surface area contributed by atoms with Gasteiger partial charge in [0.25, 0.3) is 0 Å². The maximum absolute atomic E-state index is 12.8. The van der Waals surface area contributed by atoms with E-state index in [1.165, 1.54) is 161 Å². The van der Waals surface area contributed by atoms with Crippen molar-refractivity contribution in [3.05, 3.63) is 0 Å². The van der Waals surface area contributed by atoms with Gasteiger partial charge in [0.2, 0.25) is 0 Å². The van der Waals surface area contributed by atoms with Crippen LogP contribution in [0.1, 0.15) is 226 Å². The van der Waals surface area contributed by atoms with Crippen LogP contribution in [0.15, 0.2) is 0 Å². The van der Waals surface area contributed by atoms with E-state index in [1.807, 2.05) is 0 Å². The third-order valence-corrected chi connectivity index (χ3v) is 12.7. The van der Waals surface area contributed by atoms with E-state index >= 15 is 0 Å². The number of carbonyl (C=O) groups excluding carboxylic acids is 1. The van der Waals surface area contributed by atoms with Gasteiger partial charge in [0, 0.05) is 13.0 Å². The van der Waals surface area contributed by atoms with Gasteiger partial charge in [-0.1, -0.05) is 206 Å². The normalized spacial score (nSPS) is 22.4. The van der Waals surface area contributed by atoms with Crippen molar-refractivity contribution < 1.29 is 58.3 Å². The van der Waals surface area contributed by atoms with Crippen LogP contribution in [-0.4, -0.2) is 98.9 Å². The molecule has 0 amide bonds. The van der Waals surface area contributed by atoms with Crippen molar-refractivity contribution in [1.82, 2.24) is 0 Å². The Kier molecular flexibility index (Phi) is 36.2. The molecule has 8 atom stereocenters. The number of hydrogen-bond acceptors (Lipinski definition) is 11. The van der Waals surface area contributed by atoms with Crippen molar-refractivity contribution in [2.75, 3.05) is 19.8 Å². The Hall–Kier alpha value is -0.660. The maximum Gasteiger partial charge on any atom is 0.472 e. The number of ether oxygens (including phenoxy) is 2. The molecule has 1 saturated carbocycles. The molecule has 352 valence electrons. The summed E-state index contributed by atoms with van der Waals surface area (Å²) < 4.78 is 34.2. The molecule has 1 aliphatic rings. The molecule has 1 fully saturated rings. The average molecular weight is 867 g/mol. The van der Waals surface area contributed by atoms with Crippen LogP contribution >= 0.6 is 7.82 Å². The number of unbranched alkanes of at least 4 members (excludes halogenated alkanes) is 30. The molecule has 0 aromatic carbocycles. The van der Waals surface area contributed by atoms with E-state index in [-0.39, 0.29) is 13.0 Å². The first-order valence-electron chi connectivity index (χ1n) is 24.4. The third-order valence-electron chi connectivity index (χ3n) is 11.7. The fourth-order valence-electron chi connectivity index (χ4n) is 7.83. The van der Waals surface area contributed by atoms with Crippen molar-refractivity contribution in [2.45, 2.75) is 268 Å². The molecule has 0 spiro atoms. The number of phosphoric acid groups is 1. The van der Waals surface area contributed by atoms with Crippen molar-refractivity contribution in [3.63, 3.8) is 0 Å². The smallest absolute Gasteiger partial charge is 0.457 e. The fraction of sp³-hybridized carbons (Fsp3) is 0.978. The van der Waals surface area contributed by atoms with E-state index in [0.717, 1.165) is 38.5 Å². The monoisotopic (exact) mass is 867 g/mol. The Morgan fingerprint density at radius 2 is 0.797 bits per heavy atom. The molecule has 0 aromatic heterocycles. The van der Waals surface area contributed by atoms with Crippen LogP contribution in [0.2, 0.25) is 0 Å². The van der Waals surface area contributed by atoms with Crippen molar-refractivity contribution in [3.8, 4) is 0 Å². The first-order valence-corrected chi connectivity index (χ1v) is 25.9. The molecule has 6 N–H and O–H groups in total. The van der Waals surface area contributed by atoms with Gasteiger partial charge in [-0.05, 0) is 12.8 Å². The largest absolute Gasteiger partial charge is 0.472 e. The summed E-state index contributed by atoms with van der Waals surface area (Å²) in [5, 5.41) is 50.2. The summed E-state index contributed by atoms with van der Waals surface area (Å²) in [7, 11) is -5.01. The number of hydrogen-bond donors (Lipinski definition) is 6. The highest BCUT2D eigenvalue weighted by Crippen LogP contribution is 2.47. The molecule has 0 aliphatic heterocycles. The zero-order valence-electron chi connectivity index (χ0n) is 37.6. The number of rotatable bonds is 42. The Labute approximate surface area is 359 Å². The molecule has 13 heteroatoms. The molecule has 1 rings (SSSR count). The summed E-state index contributed by atoms with van der Waals surface area (Å²) in [6, 6.07) is 0. The highest BCUT2D eigenvalue weighted by Gasteiger charge is 2.51. The Morgan fingerprint density at radius 3 is 1.17 bits per heavy atom. The number of aliphatic hydroxyl groups excluding tert-OH is 5. The number of aliphatic hydroxyl groups is 5. The lowest BCUT2D eigenvalue weighted by Gasteiger charge is -2.41. The zero-order chi connectivity index (χ0) is 43.4. The quantitative estimate of drug-likeness (QED) is 0.0194. The van der Waals surface area contributed by atoms with Gasteiger partial charge >= 0.3 is 13.8 Å². The van der Waals surface area contributed by atoms with Gasteiger partial charge in [0.15, 0.2) is 0 Å². The fourth-order valence-corrected chi connectivity index (χ4v) is 8.80. The van der Waals surface area contributed by atoms with Crippen LogP contribution in [0, 0.1) is 0 Å². The summed E-state index contributed by atoms with van der Waals surface area (Å²) in [6.07, 6.45) is 27.4. The molecular formula is C46H91O12P. The van der Waals surface area contributed by atoms with Crippen LogP contribution in [0.5, 0.6) is 0 Å². The molecule has 59 heavy (non-hydrogen) atoms. The van der Waals surface area contributed by atoms with Gasteiger partial charge in [-0.25, -0.2) is 4.57 Å². The van der Waals surface area contributed by atoms with E-state index in [0.29, 0.717) is 13.0 Å². The summed E-state index contributed by atoms with van der Waals surface area (Å²) in [5.41, 5.74) is 0. The van der Waals surface area contributed by atoms with Gasteiger partial charge in [0.1, 0.15) is 42.7 Å². The zero-order valence-corrected chi connectivity index (χ0v) is 38.5. The van der Waals surface area contributed by atoms with E-state index < -0.39 is 63.1 Å². The SMILES string of the molecule is CCCCCCCCCCCCCCCCCCCCOC[C@H](COP(=O)(O)OC1C(O)C(O)C(O)[C@@H](O)C1O)OC(=O)CCCCCCCCCCCCCCCC. The minimum absolute atomic E-state index is 0.0677. The van der Waals surface area contributed by atoms with Gasteiger partial charge < -0.3 is 39.9 Å². The molecule has 6 unspecified atom stereocenters. The van der Waals surface area contributed by atoms with E-state index in [1.54, 1.807) is 0 Å². The van der Waals surface area contributed by atoms with Crippen LogP contribution in [-0.2, 0) is 27.9 Å². The molecule has 0 bridgehead atoms. The Balaban J connectivity index is 2.34. The predicted octanol–water partition coefficient (Wildman–Crippen LogP) is 10.1. The molecule has 1 aliphatic carbocycles. The first-order chi connectivity index (χ1) is 28.5. The van der Waals surface area contributed by atoms with Crippen LogP contribution in [0.3, 0.4) is 0 Å². The van der Waals surface area contributed by atoms with Gasteiger partial charge in [0.05, 0.1) is 13.2 Å². The molecule has 0 radical (unpaired) electrons. The second kappa shape index (κ2) is 37.9. The van der Waals surface area contributed by atoms with E-state index in [9.17, 15) is 39.8 Å². The van der Waals surface area contributed by atoms with Crippen LogP contribution < -0.4 is 0 Å². The highest BCUT2D eigenvalue weighted by atomic mass is 31.2. The Morgan fingerprint density at radius 1 is 0.475 bits per heavy atom. The number of carbonyl (C=O) groups is 1. The van der Waals surface area contributed by atoms with Crippen molar-refractivity contribution in [1.29, 1.82) is 0 Å². The van der Waals surface area contributed by atoms with Crippen LogP contribution in [0.25, 0.3) is 0 Å². The lowest BCUT2D eigenvalue weighted by atomic mass is 9.85. The summed E-state index contributed by atoms with van der Waals surface area (Å²) in [4.78, 5) is 23.2. The minimum atomic E-state index is -5.01. The Bertz CT molecular complexity index is 989. The van der Waals surface area contributed by atoms with Gasteiger partial charge in [-0.2, -0.15) is 0 Å². The standard InChI is InChI=1S/C46H91O12P/c1-3-5-7-9-11-13-15-17-19-20-21-22-24-26-28-30-32-34-36-55-37-39(38-56-59(53,54)58-46-44(51)42(49)41(48)43(50)45(46)52)57-40(47)35-33-31-29-27-25-23-18-16-14-12-10-8-6-4-2/h39,41-46,48-52H,3-38H2,1-2H3,(H,53,54)/t39-,41?,42-,43?,44?,45?,46?/m1/s1.